The molecule has 2 rings (SSSR count). The summed E-state index contributed by atoms with van der Waals surface area (Å²) in [4.78, 5) is 0. The fourth-order valence-corrected chi connectivity index (χ4v) is 3.41. The van der Waals surface area contributed by atoms with Crippen molar-refractivity contribution >= 4 is 0 Å². The zero-order chi connectivity index (χ0) is 11.4. The number of aliphatic hydroxyl groups is 1. The molecular formula is C14H27NO. The van der Waals surface area contributed by atoms with Gasteiger partial charge in [0.1, 0.15) is 0 Å². The standard InChI is InChI=1S/C14H27NO/c1-11(12-7-3-2-4-8-12)15-13-9-5-6-10-14(13)16/h11-16H,2-10H2,1H3/t11-,13?,14?/m1/s1. The quantitative estimate of drug-likeness (QED) is 0.774. The average Bonchev–Trinajstić information content (AvgIpc) is 2.33. The molecule has 0 aromatic rings. The highest BCUT2D eigenvalue weighted by molar-refractivity contribution is 4.85. The first-order valence-electron chi connectivity index (χ1n) is 7.21. The van der Waals surface area contributed by atoms with Gasteiger partial charge in [-0.25, -0.2) is 0 Å². The number of aliphatic hydroxyl groups excluding tert-OH is 1. The highest BCUT2D eigenvalue weighted by atomic mass is 16.3. The molecule has 2 saturated carbocycles. The molecule has 0 heterocycles. The third-order valence-electron chi connectivity index (χ3n) is 4.56. The first-order chi connectivity index (χ1) is 7.77. The van der Waals surface area contributed by atoms with E-state index in [9.17, 15) is 5.11 Å². The summed E-state index contributed by atoms with van der Waals surface area (Å²) in [7, 11) is 0. The lowest BCUT2D eigenvalue weighted by Gasteiger charge is -2.35. The van der Waals surface area contributed by atoms with Crippen molar-refractivity contribution in [2.75, 3.05) is 0 Å². The topological polar surface area (TPSA) is 32.3 Å². The lowest BCUT2D eigenvalue weighted by atomic mass is 9.83. The van der Waals surface area contributed by atoms with Crippen LogP contribution in [0.1, 0.15) is 64.7 Å². The zero-order valence-corrected chi connectivity index (χ0v) is 10.6. The SMILES string of the molecule is C[C@@H](NC1CCCCC1O)C1CCCCC1. The molecule has 0 radical (unpaired) electrons. The maximum Gasteiger partial charge on any atom is 0.0693 e. The van der Waals surface area contributed by atoms with Crippen molar-refractivity contribution < 1.29 is 5.11 Å². The highest BCUT2D eigenvalue weighted by Gasteiger charge is 2.27. The van der Waals surface area contributed by atoms with Gasteiger partial charge in [0.15, 0.2) is 0 Å². The molecule has 2 unspecified atom stereocenters. The molecule has 3 atom stereocenters. The summed E-state index contributed by atoms with van der Waals surface area (Å²) in [5.74, 6) is 0.850. The zero-order valence-electron chi connectivity index (χ0n) is 10.6. The van der Waals surface area contributed by atoms with E-state index in [1.807, 2.05) is 0 Å². The van der Waals surface area contributed by atoms with Crippen LogP contribution in [-0.2, 0) is 0 Å². The molecule has 0 spiro atoms. The van der Waals surface area contributed by atoms with Crippen molar-refractivity contribution in [3.05, 3.63) is 0 Å². The predicted octanol–water partition coefficient (Wildman–Crippen LogP) is 2.85. The molecule has 2 aliphatic rings. The van der Waals surface area contributed by atoms with Crippen LogP contribution < -0.4 is 5.32 Å². The van der Waals surface area contributed by atoms with Crippen LogP contribution in [0, 0.1) is 5.92 Å². The molecule has 2 aliphatic carbocycles. The first-order valence-corrected chi connectivity index (χ1v) is 7.21. The van der Waals surface area contributed by atoms with E-state index in [2.05, 4.69) is 12.2 Å². The normalized spacial score (nSPS) is 34.9. The van der Waals surface area contributed by atoms with Crippen molar-refractivity contribution in [1.82, 2.24) is 5.32 Å². The van der Waals surface area contributed by atoms with Gasteiger partial charge in [0.25, 0.3) is 0 Å². The van der Waals surface area contributed by atoms with E-state index in [0.717, 1.165) is 18.8 Å². The van der Waals surface area contributed by atoms with Crippen molar-refractivity contribution in [3.8, 4) is 0 Å². The van der Waals surface area contributed by atoms with E-state index in [4.69, 9.17) is 0 Å². The lowest BCUT2D eigenvalue weighted by molar-refractivity contribution is 0.0788. The van der Waals surface area contributed by atoms with E-state index in [1.54, 1.807) is 0 Å². The third kappa shape index (κ3) is 3.21. The minimum atomic E-state index is -0.0974. The Morgan fingerprint density at radius 1 is 0.938 bits per heavy atom. The molecular weight excluding hydrogens is 198 g/mol. The molecule has 0 bridgehead atoms. The molecule has 2 nitrogen and oxygen atoms in total. The van der Waals surface area contributed by atoms with Crippen molar-refractivity contribution in [2.45, 2.75) is 82.9 Å². The van der Waals surface area contributed by atoms with Gasteiger partial charge in [-0.3, -0.25) is 0 Å². The Balaban J connectivity index is 1.78. The Kier molecular flexibility index (Phi) is 4.66. The van der Waals surface area contributed by atoms with Crippen molar-refractivity contribution in [3.63, 3.8) is 0 Å². The van der Waals surface area contributed by atoms with Crippen LogP contribution >= 0.6 is 0 Å². The number of nitrogens with one attached hydrogen (secondary N) is 1. The van der Waals surface area contributed by atoms with Gasteiger partial charge in [0, 0.05) is 12.1 Å². The van der Waals surface area contributed by atoms with E-state index in [-0.39, 0.29) is 6.10 Å². The largest absolute Gasteiger partial charge is 0.392 e. The second kappa shape index (κ2) is 6.02. The molecule has 0 aromatic heterocycles. The Bertz CT molecular complexity index is 201. The fraction of sp³-hybridized carbons (Fsp3) is 1.00. The average molecular weight is 225 g/mol. The van der Waals surface area contributed by atoms with Crippen LogP contribution in [-0.4, -0.2) is 23.3 Å². The number of hydrogen-bond acceptors (Lipinski definition) is 2. The van der Waals surface area contributed by atoms with E-state index in [1.165, 1.54) is 44.9 Å². The molecule has 94 valence electrons. The molecule has 0 aromatic carbocycles. The molecule has 0 aliphatic heterocycles. The smallest absolute Gasteiger partial charge is 0.0693 e. The van der Waals surface area contributed by atoms with Gasteiger partial charge >= 0.3 is 0 Å². The molecule has 2 N–H and O–H groups in total. The highest BCUT2D eigenvalue weighted by Crippen LogP contribution is 2.27. The summed E-state index contributed by atoms with van der Waals surface area (Å²) >= 11 is 0. The molecule has 2 heteroatoms. The predicted molar refractivity (Wildman–Crippen MR) is 67.4 cm³/mol. The van der Waals surface area contributed by atoms with E-state index in [0.29, 0.717) is 12.1 Å². The monoisotopic (exact) mass is 225 g/mol. The Morgan fingerprint density at radius 2 is 1.56 bits per heavy atom. The molecule has 16 heavy (non-hydrogen) atoms. The second-order valence-electron chi connectivity index (χ2n) is 5.81. The van der Waals surface area contributed by atoms with Crippen LogP contribution in [0.4, 0.5) is 0 Å². The van der Waals surface area contributed by atoms with Gasteiger partial charge < -0.3 is 10.4 Å². The van der Waals surface area contributed by atoms with Crippen LogP contribution in [0.5, 0.6) is 0 Å². The van der Waals surface area contributed by atoms with Gasteiger partial charge in [-0.05, 0) is 38.5 Å². The van der Waals surface area contributed by atoms with E-state index >= 15 is 0 Å². The summed E-state index contributed by atoms with van der Waals surface area (Å²) in [6, 6.07) is 0.962. The Morgan fingerprint density at radius 3 is 2.25 bits per heavy atom. The number of rotatable bonds is 3. The second-order valence-corrected chi connectivity index (χ2v) is 5.81. The van der Waals surface area contributed by atoms with Gasteiger partial charge in [0.05, 0.1) is 6.10 Å². The maximum absolute atomic E-state index is 9.95. The molecule has 0 amide bonds. The van der Waals surface area contributed by atoms with Gasteiger partial charge in [-0.2, -0.15) is 0 Å². The van der Waals surface area contributed by atoms with Gasteiger partial charge in [-0.15, -0.1) is 0 Å². The van der Waals surface area contributed by atoms with Crippen molar-refractivity contribution in [2.24, 2.45) is 5.92 Å². The van der Waals surface area contributed by atoms with Crippen LogP contribution in [0.25, 0.3) is 0 Å². The Labute approximate surface area is 99.8 Å². The molecule has 0 saturated heterocycles. The summed E-state index contributed by atoms with van der Waals surface area (Å²) < 4.78 is 0. The van der Waals surface area contributed by atoms with Crippen LogP contribution in [0.2, 0.25) is 0 Å². The van der Waals surface area contributed by atoms with Crippen LogP contribution in [0.3, 0.4) is 0 Å². The molecule has 2 fully saturated rings. The fourth-order valence-electron chi connectivity index (χ4n) is 3.41. The van der Waals surface area contributed by atoms with Crippen LogP contribution in [0.15, 0.2) is 0 Å². The number of hydrogen-bond donors (Lipinski definition) is 2. The third-order valence-corrected chi connectivity index (χ3v) is 4.56. The maximum atomic E-state index is 9.95. The Hall–Kier alpha value is -0.0800. The summed E-state index contributed by atoms with van der Waals surface area (Å²) in [6.45, 7) is 2.32. The van der Waals surface area contributed by atoms with Crippen molar-refractivity contribution in [1.29, 1.82) is 0 Å². The minimum absolute atomic E-state index is 0.0974. The summed E-state index contributed by atoms with van der Waals surface area (Å²) in [5.41, 5.74) is 0. The van der Waals surface area contributed by atoms with Gasteiger partial charge in [0.2, 0.25) is 0 Å². The lowest BCUT2D eigenvalue weighted by Crippen LogP contribution is -2.48. The summed E-state index contributed by atoms with van der Waals surface area (Å²) in [6.07, 6.45) is 11.6. The van der Waals surface area contributed by atoms with Gasteiger partial charge in [-0.1, -0.05) is 32.1 Å². The first kappa shape index (κ1) is 12.4. The minimum Gasteiger partial charge on any atom is -0.392 e. The van der Waals surface area contributed by atoms with E-state index < -0.39 is 0 Å². The summed E-state index contributed by atoms with van der Waals surface area (Å²) in [5, 5.41) is 13.6.